The van der Waals surface area contributed by atoms with Crippen LogP contribution in [0, 0.1) is 5.92 Å². The van der Waals surface area contributed by atoms with Crippen molar-refractivity contribution in [1.82, 2.24) is 5.32 Å². The molecule has 1 aliphatic carbocycles. The highest BCUT2D eigenvalue weighted by molar-refractivity contribution is 6.35. The van der Waals surface area contributed by atoms with Gasteiger partial charge < -0.3 is 16.2 Å². The van der Waals surface area contributed by atoms with E-state index < -0.39 is 6.10 Å². The summed E-state index contributed by atoms with van der Waals surface area (Å²) in [5.41, 5.74) is 6.34. The number of nitrogens with two attached hydrogens (primary N) is 1. The van der Waals surface area contributed by atoms with Gasteiger partial charge in [-0.2, -0.15) is 0 Å². The molecule has 4 nitrogen and oxygen atoms in total. The number of aliphatic hydroxyl groups excluding tert-OH is 1. The van der Waals surface area contributed by atoms with Crippen molar-refractivity contribution in [2.24, 2.45) is 11.7 Å². The van der Waals surface area contributed by atoms with Crippen molar-refractivity contribution in [2.75, 3.05) is 6.54 Å². The third-order valence-corrected chi connectivity index (χ3v) is 4.20. The fourth-order valence-corrected chi connectivity index (χ4v) is 3.01. The number of hydrogen-bond donors (Lipinski definition) is 3. The van der Waals surface area contributed by atoms with E-state index in [2.05, 4.69) is 5.32 Å². The molecule has 2 rings (SSSR count). The minimum absolute atomic E-state index is 0.0436. The van der Waals surface area contributed by atoms with E-state index in [1.165, 1.54) is 0 Å². The van der Waals surface area contributed by atoms with E-state index in [0.29, 0.717) is 22.0 Å². The maximum atomic E-state index is 11.9. The van der Waals surface area contributed by atoms with Crippen molar-refractivity contribution >= 4 is 29.1 Å². The summed E-state index contributed by atoms with van der Waals surface area (Å²) < 4.78 is 0. The molecule has 20 heavy (non-hydrogen) atoms. The Morgan fingerprint density at radius 3 is 2.80 bits per heavy atom. The van der Waals surface area contributed by atoms with Crippen LogP contribution in [0.25, 0.3) is 0 Å². The molecule has 1 amide bonds. The van der Waals surface area contributed by atoms with Crippen molar-refractivity contribution in [3.8, 4) is 0 Å². The van der Waals surface area contributed by atoms with E-state index in [9.17, 15) is 9.90 Å². The highest BCUT2D eigenvalue weighted by atomic mass is 35.5. The van der Waals surface area contributed by atoms with Gasteiger partial charge in [0.05, 0.1) is 6.10 Å². The van der Waals surface area contributed by atoms with Crippen LogP contribution < -0.4 is 11.1 Å². The lowest BCUT2D eigenvalue weighted by molar-refractivity contribution is -0.125. The van der Waals surface area contributed by atoms with Crippen LogP contribution in [-0.2, 0) is 4.79 Å². The Labute approximate surface area is 128 Å². The smallest absolute Gasteiger partial charge is 0.223 e. The summed E-state index contributed by atoms with van der Waals surface area (Å²) in [6, 6.07) is 5.00. The fraction of sp³-hybridized carbons (Fsp3) is 0.500. The zero-order valence-electron chi connectivity index (χ0n) is 11.0. The van der Waals surface area contributed by atoms with Gasteiger partial charge in [0.2, 0.25) is 5.91 Å². The van der Waals surface area contributed by atoms with Crippen LogP contribution in [0.2, 0.25) is 10.0 Å². The van der Waals surface area contributed by atoms with E-state index in [1.54, 1.807) is 18.2 Å². The fourth-order valence-electron chi connectivity index (χ4n) is 2.48. The second-order valence-corrected chi connectivity index (χ2v) is 6.04. The third kappa shape index (κ3) is 3.85. The predicted octanol–water partition coefficient (Wildman–Crippen LogP) is 2.27. The average molecular weight is 317 g/mol. The van der Waals surface area contributed by atoms with Crippen LogP contribution in [0.3, 0.4) is 0 Å². The maximum absolute atomic E-state index is 11.9. The molecule has 0 saturated heterocycles. The topological polar surface area (TPSA) is 75.4 Å². The van der Waals surface area contributed by atoms with Crippen molar-refractivity contribution in [1.29, 1.82) is 0 Å². The minimum Gasteiger partial charge on any atom is -0.387 e. The summed E-state index contributed by atoms with van der Waals surface area (Å²) in [6.07, 6.45) is 1.55. The molecule has 0 heterocycles. The average Bonchev–Trinajstić information content (AvgIpc) is 2.82. The lowest BCUT2D eigenvalue weighted by Crippen LogP contribution is -2.33. The summed E-state index contributed by atoms with van der Waals surface area (Å²) in [5.74, 6) is -0.0972. The molecule has 3 atom stereocenters. The van der Waals surface area contributed by atoms with Crippen LogP contribution in [0.15, 0.2) is 18.2 Å². The summed E-state index contributed by atoms with van der Waals surface area (Å²) in [5, 5.41) is 13.7. The number of halogens is 2. The van der Waals surface area contributed by atoms with Crippen molar-refractivity contribution < 1.29 is 9.90 Å². The van der Waals surface area contributed by atoms with Crippen molar-refractivity contribution in [2.45, 2.75) is 31.4 Å². The number of benzene rings is 1. The molecule has 4 N–H and O–H groups in total. The summed E-state index contributed by atoms with van der Waals surface area (Å²) in [4.78, 5) is 11.9. The molecule has 1 fully saturated rings. The molecule has 0 aliphatic heterocycles. The molecule has 0 unspecified atom stereocenters. The van der Waals surface area contributed by atoms with E-state index in [4.69, 9.17) is 28.9 Å². The van der Waals surface area contributed by atoms with E-state index in [-0.39, 0.29) is 24.4 Å². The van der Waals surface area contributed by atoms with Crippen LogP contribution >= 0.6 is 23.2 Å². The molecule has 1 saturated carbocycles. The predicted molar refractivity (Wildman–Crippen MR) is 79.7 cm³/mol. The molecule has 6 heteroatoms. The molecule has 0 bridgehead atoms. The molecular formula is C14H18Cl2N2O2. The zero-order valence-corrected chi connectivity index (χ0v) is 12.5. The summed E-state index contributed by atoms with van der Waals surface area (Å²) in [6.45, 7) is 0.131. The SMILES string of the molecule is N[C@@H]1CC[C@H](C(=O)NC[C@@H](O)c2ccc(Cl)cc2Cl)C1. The van der Waals surface area contributed by atoms with Crippen molar-refractivity contribution in [3.05, 3.63) is 33.8 Å². The number of carbonyl (C=O) groups is 1. The molecule has 1 aromatic carbocycles. The monoisotopic (exact) mass is 316 g/mol. The molecule has 0 spiro atoms. The standard InChI is InChI=1S/C14H18Cl2N2O2/c15-9-2-4-11(12(16)6-9)13(19)7-18-14(20)8-1-3-10(17)5-8/h2,4,6,8,10,13,19H,1,3,5,7,17H2,(H,18,20)/t8-,10+,13+/m0/s1. The number of amides is 1. The van der Waals surface area contributed by atoms with Crippen LogP contribution in [0.5, 0.6) is 0 Å². The second kappa shape index (κ2) is 6.76. The Hall–Kier alpha value is -0.810. The summed E-state index contributed by atoms with van der Waals surface area (Å²) in [7, 11) is 0. The van der Waals surface area contributed by atoms with Gasteiger partial charge in [0.1, 0.15) is 0 Å². The Kier molecular flexibility index (Phi) is 5.27. The van der Waals surface area contributed by atoms with Gasteiger partial charge in [-0.1, -0.05) is 29.3 Å². The van der Waals surface area contributed by atoms with Gasteiger partial charge in [-0.3, -0.25) is 4.79 Å². The highest BCUT2D eigenvalue weighted by Gasteiger charge is 2.28. The van der Waals surface area contributed by atoms with E-state index in [0.717, 1.165) is 12.8 Å². The Morgan fingerprint density at radius 1 is 1.45 bits per heavy atom. The first-order valence-electron chi connectivity index (χ1n) is 6.63. The quantitative estimate of drug-likeness (QED) is 0.797. The largest absolute Gasteiger partial charge is 0.387 e. The lowest BCUT2D eigenvalue weighted by atomic mass is 10.1. The molecule has 1 aliphatic rings. The molecule has 1 aromatic rings. The minimum atomic E-state index is -0.848. The zero-order chi connectivity index (χ0) is 14.7. The maximum Gasteiger partial charge on any atom is 0.223 e. The number of carbonyl (C=O) groups excluding carboxylic acids is 1. The third-order valence-electron chi connectivity index (χ3n) is 3.64. The first kappa shape index (κ1) is 15.6. The Bertz CT molecular complexity index is 496. The van der Waals surface area contributed by atoms with Crippen LogP contribution in [0.4, 0.5) is 0 Å². The number of aliphatic hydroxyl groups is 1. The van der Waals surface area contributed by atoms with Gasteiger partial charge in [-0.15, -0.1) is 0 Å². The van der Waals surface area contributed by atoms with Gasteiger partial charge in [0.15, 0.2) is 0 Å². The molecular weight excluding hydrogens is 299 g/mol. The number of nitrogens with one attached hydrogen (secondary N) is 1. The first-order valence-corrected chi connectivity index (χ1v) is 7.39. The highest BCUT2D eigenvalue weighted by Crippen LogP contribution is 2.27. The van der Waals surface area contributed by atoms with Crippen LogP contribution in [0.1, 0.15) is 30.9 Å². The first-order chi connectivity index (χ1) is 9.47. The van der Waals surface area contributed by atoms with Gasteiger partial charge >= 0.3 is 0 Å². The summed E-state index contributed by atoms with van der Waals surface area (Å²) >= 11 is 11.8. The molecule has 0 radical (unpaired) electrons. The normalized spacial score (nSPS) is 23.6. The van der Waals surface area contributed by atoms with Gasteiger partial charge in [0, 0.05) is 34.1 Å². The van der Waals surface area contributed by atoms with Gasteiger partial charge in [-0.25, -0.2) is 0 Å². The molecule has 110 valence electrons. The Morgan fingerprint density at radius 2 is 2.20 bits per heavy atom. The van der Waals surface area contributed by atoms with Gasteiger partial charge in [-0.05, 0) is 31.4 Å². The van der Waals surface area contributed by atoms with Crippen molar-refractivity contribution in [3.63, 3.8) is 0 Å². The number of hydrogen-bond acceptors (Lipinski definition) is 3. The van der Waals surface area contributed by atoms with E-state index >= 15 is 0 Å². The van der Waals surface area contributed by atoms with E-state index in [1.807, 2.05) is 0 Å². The molecule has 0 aromatic heterocycles. The Balaban J connectivity index is 1.88. The van der Waals surface area contributed by atoms with Crippen LogP contribution in [-0.4, -0.2) is 23.6 Å². The second-order valence-electron chi connectivity index (χ2n) is 5.20. The number of rotatable bonds is 4. The lowest BCUT2D eigenvalue weighted by Gasteiger charge is -2.16. The van der Waals surface area contributed by atoms with Gasteiger partial charge in [0.25, 0.3) is 0 Å².